The smallest absolute Gasteiger partial charge is 0.245 e. The molecule has 104 valence electrons. The van der Waals surface area contributed by atoms with Crippen molar-refractivity contribution in [3.63, 3.8) is 0 Å². The van der Waals surface area contributed by atoms with E-state index in [0.717, 1.165) is 0 Å². The van der Waals surface area contributed by atoms with Gasteiger partial charge in [0.2, 0.25) is 11.8 Å². The molecule has 1 aromatic rings. The number of amides is 2. The molecule has 0 heterocycles. The number of carbonyl (C=O) groups is 2. The van der Waals surface area contributed by atoms with Crippen LogP contribution in [0, 0.1) is 5.82 Å². The van der Waals surface area contributed by atoms with Gasteiger partial charge in [0.05, 0.1) is 6.61 Å². The van der Waals surface area contributed by atoms with Crippen molar-refractivity contribution in [3.05, 3.63) is 35.6 Å². The molecule has 0 unspecified atom stereocenters. The molecule has 0 fully saturated rings. The molecule has 2 N–H and O–H groups in total. The fraction of sp³-hybridized carbons (Fsp3) is 0.385. The molecule has 1 atom stereocenters. The standard InChI is InChI=1S/C13H17FN2O3/c1-9(17)16-12(8-19-2)13(18)15-7-10-4-3-5-11(14)6-10/h3-6,12H,7-8H2,1-2H3,(H,15,18)(H,16,17)/t12-/m0/s1/i1D. The van der Waals surface area contributed by atoms with Gasteiger partial charge in [0.15, 0.2) is 0 Å². The summed E-state index contributed by atoms with van der Waals surface area (Å²) in [5, 5.41) is 4.96. The Balaban J connectivity index is 2.55. The Morgan fingerprint density at radius 1 is 1.53 bits per heavy atom. The third kappa shape index (κ3) is 5.48. The summed E-state index contributed by atoms with van der Waals surface area (Å²) < 4.78 is 24.7. The van der Waals surface area contributed by atoms with Gasteiger partial charge in [0.1, 0.15) is 11.9 Å². The summed E-state index contributed by atoms with van der Waals surface area (Å²) in [7, 11) is 1.40. The van der Waals surface area contributed by atoms with Crippen LogP contribution in [0.1, 0.15) is 13.8 Å². The second-order valence-corrected chi connectivity index (χ2v) is 3.92. The zero-order valence-electron chi connectivity index (χ0n) is 11.6. The zero-order chi connectivity index (χ0) is 15.0. The van der Waals surface area contributed by atoms with Crippen molar-refractivity contribution in [2.24, 2.45) is 0 Å². The maximum Gasteiger partial charge on any atom is 0.245 e. The maximum absolute atomic E-state index is 13.0. The van der Waals surface area contributed by atoms with E-state index in [4.69, 9.17) is 6.11 Å². The van der Waals surface area contributed by atoms with E-state index >= 15 is 0 Å². The number of carbonyl (C=O) groups excluding carboxylic acids is 2. The van der Waals surface area contributed by atoms with E-state index in [1.54, 1.807) is 12.1 Å². The molecule has 0 aliphatic rings. The van der Waals surface area contributed by atoms with E-state index in [0.29, 0.717) is 5.56 Å². The number of rotatable bonds is 6. The summed E-state index contributed by atoms with van der Waals surface area (Å²) in [6.45, 7) is -0.314. The van der Waals surface area contributed by atoms with Gasteiger partial charge in [-0.1, -0.05) is 12.1 Å². The fourth-order valence-electron chi connectivity index (χ4n) is 1.50. The van der Waals surface area contributed by atoms with Crippen LogP contribution in [0.5, 0.6) is 0 Å². The Labute approximate surface area is 112 Å². The molecule has 6 heteroatoms. The van der Waals surface area contributed by atoms with Crippen LogP contribution in [0.4, 0.5) is 4.39 Å². The maximum atomic E-state index is 13.0. The van der Waals surface area contributed by atoms with Crippen LogP contribution in [0.15, 0.2) is 24.3 Å². The quantitative estimate of drug-likeness (QED) is 0.794. The molecule has 0 aromatic heterocycles. The molecule has 0 bridgehead atoms. The van der Waals surface area contributed by atoms with Crippen LogP contribution in [0.3, 0.4) is 0 Å². The fourth-order valence-corrected chi connectivity index (χ4v) is 1.50. The van der Waals surface area contributed by atoms with Crippen LogP contribution in [-0.2, 0) is 20.9 Å². The van der Waals surface area contributed by atoms with Crippen molar-refractivity contribution in [3.8, 4) is 0 Å². The van der Waals surface area contributed by atoms with Crippen molar-refractivity contribution in [1.82, 2.24) is 10.6 Å². The van der Waals surface area contributed by atoms with Gasteiger partial charge in [0, 0.05) is 21.9 Å². The summed E-state index contributed by atoms with van der Waals surface area (Å²) in [4.78, 5) is 23.0. The van der Waals surface area contributed by atoms with Gasteiger partial charge in [-0.15, -0.1) is 0 Å². The first-order valence-electron chi connectivity index (χ1n) is 6.37. The predicted octanol–water partition coefficient (Wildman–Crippen LogP) is 0.593. The molecule has 0 spiro atoms. The second-order valence-electron chi connectivity index (χ2n) is 3.92. The van der Waals surface area contributed by atoms with E-state index in [1.165, 1.54) is 19.2 Å². The Kier molecular flexibility index (Phi) is 5.31. The third-order valence-corrected chi connectivity index (χ3v) is 2.34. The zero-order valence-corrected chi connectivity index (χ0v) is 10.6. The molecule has 0 aliphatic heterocycles. The van der Waals surface area contributed by atoms with Gasteiger partial charge in [-0.2, -0.15) is 0 Å². The largest absolute Gasteiger partial charge is 0.382 e. The van der Waals surface area contributed by atoms with Crippen molar-refractivity contribution in [1.29, 1.82) is 0 Å². The summed E-state index contributed by atoms with van der Waals surface area (Å²) >= 11 is 0. The molecule has 0 radical (unpaired) electrons. The molecular formula is C13H17FN2O3. The minimum atomic E-state index is -0.869. The lowest BCUT2D eigenvalue weighted by Crippen LogP contribution is -2.48. The molecule has 5 nitrogen and oxygen atoms in total. The Morgan fingerprint density at radius 2 is 2.32 bits per heavy atom. The van der Waals surface area contributed by atoms with Gasteiger partial charge in [-0.25, -0.2) is 4.39 Å². The van der Waals surface area contributed by atoms with Gasteiger partial charge >= 0.3 is 0 Å². The second kappa shape index (κ2) is 7.48. The molecule has 0 aliphatic carbocycles. The summed E-state index contributed by atoms with van der Waals surface area (Å²) in [6.07, 6.45) is 0. The SMILES string of the molecule is [2H]CC(=O)N[C@@H](COC)C(=O)NCc1cccc(F)c1. The number of benzene rings is 1. The van der Waals surface area contributed by atoms with E-state index in [1.807, 2.05) is 0 Å². The van der Waals surface area contributed by atoms with E-state index in [-0.39, 0.29) is 19.0 Å². The molecular weight excluding hydrogens is 251 g/mol. The monoisotopic (exact) mass is 269 g/mol. The van der Waals surface area contributed by atoms with Gasteiger partial charge in [0.25, 0.3) is 0 Å². The minimum Gasteiger partial charge on any atom is -0.382 e. The lowest BCUT2D eigenvalue weighted by atomic mass is 10.2. The lowest BCUT2D eigenvalue weighted by molar-refractivity contribution is -0.129. The van der Waals surface area contributed by atoms with Crippen LogP contribution in [-0.4, -0.2) is 31.6 Å². The van der Waals surface area contributed by atoms with Gasteiger partial charge in [-0.3, -0.25) is 9.59 Å². The first kappa shape index (κ1) is 13.5. The molecule has 0 saturated carbocycles. The Hall–Kier alpha value is -1.95. The van der Waals surface area contributed by atoms with Crippen molar-refractivity contribution in [2.45, 2.75) is 19.5 Å². The number of ether oxygens (including phenoxy) is 1. The highest BCUT2D eigenvalue weighted by Gasteiger charge is 2.18. The molecule has 19 heavy (non-hydrogen) atoms. The molecule has 1 rings (SSSR count). The molecule has 2 amide bonds. The topological polar surface area (TPSA) is 67.4 Å². The first-order valence-corrected chi connectivity index (χ1v) is 5.66. The van der Waals surface area contributed by atoms with Crippen LogP contribution in [0.25, 0.3) is 0 Å². The van der Waals surface area contributed by atoms with Crippen molar-refractivity contribution < 1.29 is 20.1 Å². The first-order chi connectivity index (χ1) is 9.56. The summed E-state index contributed by atoms with van der Waals surface area (Å²) in [6, 6.07) is 4.98. The summed E-state index contributed by atoms with van der Waals surface area (Å²) in [5.41, 5.74) is 0.612. The highest BCUT2D eigenvalue weighted by atomic mass is 19.1. The van der Waals surface area contributed by atoms with Gasteiger partial charge < -0.3 is 15.4 Å². The number of nitrogens with one attached hydrogen (secondary N) is 2. The average Bonchev–Trinajstić information content (AvgIpc) is 2.44. The van der Waals surface area contributed by atoms with Crippen LogP contribution in [0.2, 0.25) is 0 Å². The number of methoxy groups -OCH3 is 1. The van der Waals surface area contributed by atoms with Crippen LogP contribution >= 0.6 is 0 Å². The highest BCUT2D eigenvalue weighted by molar-refractivity contribution is 5.86. The summed E-state index contributed by atoms with van der Waals surface area (Å²) in [5.74, 6) is -1.39. The lowest BCUT2D eigenvalue weighted by Gasteiger charge is -2.16. The highest BCUT2D eigenvalue weighted by Crippen LogP contribution is 2.02. The van der Waals surface area contributed by atoms with Gasteiger partial charge in [-0.05, 0) is 17.7 Å². The molecule has 1 aromatic carbocycles. The molecule has 0 saturated heterocycles. The van der Waals surface area contributed by atoms with Crippen molar-refractivity contribution in [2.75, 3.05) is 13.7 Å². The normalized spacial score (nSPS) is 12.4. The number of halogens is 1. The average molecular weight is 269 g/mol. The third-order valence-electron chi connectivity index (χ3n) is 2.34. The minimum absolute atomic E-state index is 0.000718. The Morgan fingerprint density at radius 3 is 2.95 bits per heavy atom. The van der Waals surface area contributed by atoms with E-state index in [2.05, 4.69) is 10.6 Å². The Bertz CT molecular complexity index is 471. The predicted molar refractivity (Wildman–Crippen MR) is 67.7 cm³/mol. The van der Waals surface area contributed by atoms with E-state index < -0.39 is 24.8 Å². The van der Waals surface area contributed by atoms with E-state index in [9.17, 15) is 14.0 Å². The number of hydrogen-bond donors (Lipinski definition) is 2. The van der Waals surface area contributed by atoms with Crippen LogP contribution < -0.4 is 10.6 Å². The van der Waals surface area contributed by atoms with Crippen molar-refractivity contribution >= 4 is 11.8 Å². The number of hydrogen-bond acceptors (Lipinski definition) is 3.